The summed E-state index contributed by atoms with van der Waals surface area (Å²) in [5.74, 6) is 0. The van der Waals surface area contributed by atoms with Crippen molar-refractivity contribution in [3.63, 3.8) is 0 Å². The summed E-state index contributed by atoms with van der Waals surface area (Å²) in [6.45, 7) is 0. The van der Waals surface area contributed by atoms with Crippen LogP contribution in [0, 0.1) is 11.3 Å². The minimum atomic E-state index is 0.218. The number of nitrogens with zero attached hydrogens (tertiary/aromatic N) is 2. The Balaban J connectivity index is 2.62. The van der Waals surface area contributed by atoms with Crippen LogP contribution in [0.4, 0.5) is 0 Å². The molecule has 0 aliphatic heterocycles. The first-order valence-electron chi connectivity index (χ1n) is 5.19. The second kappa shape index (κ2) is 5.98. The van der Waals surface area contributed by atoms with Gasteiger partial charge in [-0.2, -0.15) is 5.26 Å². The first kappa shape index (κ1) is 14.4. The van der Waals surface area contributed by atoms with Crippen molar-refractivity contribution in [1.29, 1.82) is 5.26 Å². The predicted molar refractivity (Wildman–Crippen MR) is 79.0 cm³/mol. The Labute approximate surface area is 130 Å². The summed E-state index contributed by atoms with van der Waals surface area (Å²) < 4.78 is 0. The van der Waals surface area contributed by atoms with Crippen molar-refractivity contribution in [2.75, 3.05) is 0 Å². The van der Waals surface area contributed by atoms with Gasteiger partial charge in [0.25, 0.3) is 0 Å². The molecule has 0 aliphatic rings. The molecule has 0 aliphatic carbocycles. The van der Waals surface area contributed by atoms with Gasteiger partial charge in [0.05, 0.1) is 27.6 Å². The van der Waals surface area contributed by atoms with E-state index in [0.717, 1.165) is 16.7 Å². The molecule has 0 saturated carbocycles. The van der Waals surface area contributed by atoms with Crippen molar-refractivity contribution in [3.05, 3.63) is 50.2 Å². The van der Waals surface area contributed by atoms with Crippen LogP contribution in [-0.2, 0) is 6.42 Å². The number of nitriles is 1. The number of aromatic nitrogens is 1. The Kier molecular flexibility index (Phi) is 4.54. The fourth-order valence-electron chi connectivity index (χ4n) is 1.67. The maximum absolute atomic E-state index is 8.85. The lowest BCUT2D eigenvalue weighted by Gasteiger charge is -2.09. The molecule has 0 bridgehead atoms. The molecule has 2 nitrogen and oxygen atoms in total. The van der Waals surface area contributed by atoms with Crippen LogP contribution in [-0.4, -0.2) is 4.98 Å². The third kappa shape index (κ3) is 3.13. The van der Waals surface area contributed by atoms with Crippen molar-refractivity contribution in [2.24, 2.45) is 0 Å². The van der Waals surface area contributed by atoms with Gasteiger partial charge >= 0.3 is 0 Å². The molecule has 0 fully saturated rings. The van der Waals surface area contributed by atoms with Gasteiger partial charge in [-0.3, -0.25) is 0 Å². The van der Waals surface area contributed by atoms with E-state index in [0.29, 0.717) is 20.2 Å². The molecule has 1 aromatic carbocycles. The average Bonchev–Trinajstić information content (AvgIpc) is 2.36. The molecule has 0 radical (unpaired) electrons. The van der Waals surface area contributed by atoms with Crippen molar-refractivity contribution < 1.29 is 0 Å². The molecule has 0 amide bonds. The van der Waals surface area contributed by atoms with Crippen molar-refractivity contribution in [2.45, 2.75) is 6.42 Å². The molecule has 2 aromatic rings. The summed E-state index contributed by atoms with van der Waals surface area (Å²) in [7, 11) is 0. The van der Waals surface area contributed by atoms with Crippen LogP contribution >= 0.6 is 46.4 Å². The van der Waals surface area contributed by atoms with Gasteiger partial charge in [-0.15, -0.1) is 0 Å². The highest BCUT2D eigenvalue weighted by atomic mass is 35.5. The number of halogens is 4. The highest BCUT2D eigenvalue weighted by Crippen LogP contribution is 2.36. The lowest BCUT2D eigenvalue weighted by molar-refractivity contribution is 1.21. The Morgan fingerprint density at radius 1 is 1.05 bits per heavy atom. The number of hydrogen-bond donors (Lipinski definition) is 0. The van der Waals surface area contributed by atoms with Gasteiger partial charge in [-0.05, 0) is 29.3 Å². The average molecular weight is 332 g/mol. The normalized spacial score (nSPS) is 10.3. The Morgan fingerprint density at radius 2 is 1.68 bits per heavy atom. The molecule has 0 unspecified atom stereocenters. The molecule has 6 heteroatoms. The molecule has 0 saturated heterocycles. The van der Waals surface area contributed by atoms with E-state index >= 15 is 0 Å². The van der Waals surface area contributed by atoms with E-state index in [4.69, 9.17) is 51.7 Å². The van der Waals surface area contributed by atoms with Gasteiger partial charge in [-0.25, -0.2) is 4.98 Å². The van der Waals surface area contributed by atoms with Gasteiger partial charge in [0.2, 0.25) is 0 Å². The number of benzene rings is 1. The lowest BCUT2D eigenvalue weighted by Crippen LogP contribution is -1.91. The monoisotopic (exact) mass is 330 g/mol. The first-order chi connectivity index (χ1) is 9.02. The zero-order chi connectivity index (χ0) is 14.0. The van der Waals surface area contributed by atoms with Crippen LogP contribution in [0.2, 0.25) is 20.2 Å². The largest absolute Gasteiger partial charge is 0.244 e. The molecule has 1 heterocycles. The first-order valence-corrected chi connectivity index (χ1v) is 6.70. The number of rotatable bonds is 2. The molecule has 0 atom stereocenters. The molecule has 96 valence electrons. The fourth-order valence-corrected chi connectivity index (χ4v) is 2.45. The van der Waals surface area contributed by atoms with E-state index in [-0.39, 0.29) is 6.42 Å². The summed E-state index contributed by atoms with van der Waals surface area (Å²) in [5.41, 5.74) is 2.26. The molecule has 0 N–H and O–H groups in total. The minimum absolute atomic E-state index is 0.218. The Bertz CT molecular complexity index is 654. The molecule has 1 aromatic heterocycles. The number of hydrogen-bond acceptors (Lipinski definition) is 2. The predicted octanol–water partition coefficient (Wildman–Crippen LogP) is 5.43. The minimum Gasteiger partial charge on any atom is -0.244 e. The Hall–Kier alpha value is -0.980. The highest BCUT2D eigenvalue weighted by Gasteiger charge is 2.11. The van der Waals surface area contributed by atoms with E-state index < -0.39 is 0 Å². The summed E-state index contributed by atoms with van der Waals surface area (Å²) >= 11 is 23.7. The van der Waals surface area contributed by atoms with E-state index in [2.05, 4.69) is 11.1 Å². The van der Waals surface area contributed by atoms with Gasteiger partial charge in [0.15, 0.2) is 0 Å². The standard InChI is InChI=1S/C13H6Cl4N2/c14-10-3-8(4-11(15)13(10)17)9-6-19-12(16)5-7(9)1-2-18/h3-6H,1H2. The lowest BCUT2D eigenvalue weighted by atomic mass is 10.0. The molecule has 0 spiro atoms. The van der Waals surface area contributed by atoms with Crippen LogP contribution in [0.1, 0.15) is 5.56 Å². The zero-order valence-corrected chi connectivity index (χ0v) is 12.4. The van der Waals surface area contributed by atoms with Crippen LogP contribution in [0.3, 0.4) is 0 Å². The summed E-state index contributed by atoms with van der Waals surface area (Å²) in [5, 5.41) is 10.2. The van der Waals surface area contributed by atoms with Crippen molar-refractivity contribution in [1.82, 2.24) is 4.98 Å². The summed E-state index contributed by atoms with van der Waals surface area (Å²) in [6.07, 6.45) is 1.81. The topological polar surface area (TPSA) is 36.7 Å². The summed E-state index contributed by atoms with van der Waals surface area (Å²) in [6, 6.07) is 7.10. The molecular weight excluding hydrogens is 326 g/mol. The van der Waals surface area contributed by atoms with E-state index in [1.807, 2.05) is 0 Å². The van der Waals surface area contributed by atoms with Crippen LogP contribution in [0.5, 0.6) is 0 Å². The van der Waals surface area contributed by atoms with Gasteiger partial charge in [0.1, 0.15) is 5.15 Å². The number of pyridine rings is 1. The van der Waals surface area contributed by atoms with Crippen LogP contribution in [0.25, 0.3) is 11.1 Å². The maximum atomic E-state index is 8.85. The zero-order valence-electron chi connectivity index (χ0n) is 9.42. The second-order valence-electron chi connectivity index (χ2n) is 3.75. The highest BCUT2D eigenvalue weighted by molar-refractivity contribution is 6.48. The summed E-state index contributed by atoms with van der Waals surface area (Å²) in [4.78, 5) is 4.02. The third-order valence-electron chi connectivity index (χ3n) is 2.52. The van der Waals surface area contributed by atoms with E-state index in [1.54, 1.807) is 24.4 Å². The maximum Gasteiger partial charge on any atom is 0.129 e. The van der Waals surface area contributed by atoms with Gasteiger partial charge in [0, 0.05) is 11.8 Å². The molecule has 19 heavy (non-hydrogen) atoms. The van der Waals surface area contributed by atoms with E-state index in [9.17, 15) is 0 Å². The van der Waals surface area contributed by atoms with Crippen LogP contribution < -0.4 is 0 Å². The van der Waals surface area contributed by atoms with Crippen molar-refractivity contribution in [3.8, 4) is 17.2 Å². The third-order valence-corrected chi connectivity index (χ3v) is 3.92. The Morgan fingerprint density at radius 3 is 2.26 bits per heavy atom. The second-order valence-corrected chi connectivity index (χ2v) is 5.33. The molecule has 2 rings (SSSR count). The fraction of sp³-hybridized carbons (Fsp3) is 0.0769. The quantitative estimate of drug-likeness (QED) is 0.543. The van der Waals surface area contributed by atoms with Gasteiger partial charge in [-0.1, -0.05) is 46.4 Å². The van der Waals surface area contributed by atoms with Gasteiger partial charge < -0.3 is 0 Å². The molecular formula is C13H6Cl4N2. The van der Waals surface area contributed by atoms with Crippen molar-refractivity contribution >= 4 is 46.4 Å². The van der Waals surface area contributed by atoms with Crippen LogP contribution in [0.15, 0.2) is 24.4 Å². The smallest absolute Gasteiger partial charge is 0.129 e. The van der Waals surface area contributed by atoms with E-state index in [1.165, 1.54) is 0 Å². The SMILES string of the molecule is N#CCc1cc(Cl)ncc1-c1cc(Cl)c(Cl)c(Cl)c1.